The molecule has 2 heterocycles. The number of nitrogens with zero attached hydrogens (tertiary/aromatic N) is 2. The molecule has 0 atom stereocenters. The molecule has 2 N–H and O–H groups in total. The molecule has 0 radical (unpaired) electrons. The number of rotatable bonds is 16. The fourth-order valence-electron chi connectivity index (χ4n) is 6.16. The SMILES string of the molecule is CCc1cccc(N(CC)C(=O)Cn2c(C(=O)CC3CCC(C(=O)NCCCCCCS(=O)(=O)O)CC3)cc3sccc32)c1. The molecule has 1 aliphatic rings. The molecule has 0 spiro atoms. The molecule has 2 amide bonds. The summed E-state index contributed by atoms with van der Waals surface area (Å²) in [6.07, 6.45) is 7.06. The molecule has 3 aromatic rings. The maximum Gasteiger partial charge on any atom is 0.264 e. The number of fused-ring (bicyclic) bond motifs is 1. The minimum Gasteiger partial charge on any atom is -0.356 e. The lowest BCUT2D eigenvalue weighted by Crippen LogP contribution is -2.35. The Balaban J connectivity index is 1.29. The summed E-state index contributed by atoms with van der Waals surface area (Å²) in [6.45, 7) is 5.24. The number of anilines is 1. The number of aromatic nitrogens is 1. The Bertz CT molecular complexity index is 1540. The highest BCUT2D eigenvalue weighted by Crippen LogP contribution is 2.33. The standard InChI is InChI=1S/C33H45N3O6S2/c1-3-24-10-9-11-27(20-24)35(4-2)32(38)23-36-28-16-18-43-31(28)22-29(36)30(37)21-25-12-14-26(15-13-25)33(39)34-17-7-5-6-8-19-44(40,41)42/h9-11,16,18,20,22,25-26H,3-8,12-15,17,19,21,23H2,1-2H3,(H,34,39)(H,40,41,42). The molecule has 2 aromatic heterocycles. The molecule has 1 fully saturated rings. The molecule has 9 nitrogen and oxygen atoms in total. The Morgan fingerprint density at radius 2 is 1.77 bits per heavy atom. The number of benzene rings is 1. The number of carbonyl (C=O) groups excluding carboxylic acids is 3. The predicted molar refractivity (Wildman–Crippen MR) is 176 cm³/mol. The van der Waals surface area contributed by atoms with Crippen molar-refractivity contribution in [1.29, 1.82) is 0 Å². The Morgan fingerprint density at radius 1 is 1.02 bits per heavy atom. The van der Waals surface area contributed by atoms with E-state index in [2.05, 4.69) is 24.4 Å². The summed E-state index contributed by atoms with van der Waals surface area (Å²) in [5.41, 5.74) is 3.53. The highest BCUT2D eigenvalue weighted by molar-refractivity contribution is 7.85. The van der Waals surface area contributed by atoms with Gasteiger partial charge in [-0.1, -0.05) is 31.9 Å². The number of Topliss-reactive ketones (excluding diaryl/α,β-unsaturated/α-hetero) is 1. The van der Waals surface area contributed by atoms with Crippen molar-refractivity contribution in [2.75, 3.05) is 23.7 Å². The number of ketones is 1. The number of nitrogens with one attached hydrogen (secondary N) is 1. The van der Waals surface area contributed by atoms with Crippen LogP contribution in [0.15, 0.2) is 41.8 Å². The molecule has 1 aliphatic carbocycles. The maximum atomic E-state index is 13.6. The van der Waals surface area contributed by atoms with Gasteiger partial charge in [0.05, 0.1) is 21.7 Å². The van der Waals surface area contributed by atoms with Crippen molar-refractivity contribution >= 4 is 55.0 Å². The third kappa shape index (κ3) is 9.25. The van der Waals surface area contributed by atoms with Crippen LogP contribution in [0.5, 0.6) is 0 Å². The molecule has 240 valence electrons. The number of likely N-dealkylation sites (N-methyl/N-ethyl adjacent to an activating group) is 1. The van der Waals surface area contributed by atoms with E-state index in [1.165, 1.54) is 5.56 Å². The summed E-state index contributed by atoms with van der Waals surface area (Å²) in [6, 6.07) is 11.9. The van der Waals surface area contributed by atoms with E-state index in [4.69, 9.17) is 4.55 Å². The van der Waals surface area contributed by atoms with Gasteiger partial charge >= 0.3 is 0 Å². The topological polar surface area (TPSA) is 126 Å². The lowest BCUT2D eigenvalue weighted by Gasteiger charge is -2.27. The van der Waals surface area contributed by atoms with Gasteiger partial charge in [-0.15, -0.1) is 11.3 Å². The summed E-state index contributed by atoms with van der Waals surface area (Å²) in [7, 11) is -3.91. The predicted octanol–water partition coefficient (Wildman–Crippen LogP) is 6.26. The third-order valence-corrected chi connectivity index (χ3v) is 10.3. The summed E-state index contributed by atoms with van der Waals surface area (Å²) in [4.78, 5) is 41.7. The van der Waals surface area contributed by atoms with Crippen LogP contribution in [0, 0.1) is 11.8 Å². The van der Waals surface area contributed by atoms with Crippen LogP contribution in [-0.2, 0) is 32.7 Å². The second-order valence-corrected chi connectivity index (χ2v) is 14.3. The number of hydrogen-bond donors (Lipinski definition) is 2. The van der Waals surface area contributed by atoms with Crippen LogP contribution in [-0.4, -0.2) is 54.0 Å². The van der Waals surface area contributed by atoms with Crippen LogP contribution in [0.3, 0.4) is 0 Å². The van der Waals surface area contributed by atoms with Crippen molar-refractivity contribution in [1.82, 2.24) is 9.88 Å². The number of aryl methyl sites for hydroxylation is 1. The van der Waals surface area contributed by atoms with Gasteiger partial charge in [0.1, 0.15) is 6.54 Å². The first-order valence-electron chi connectivity index (χ1n) is 15.8. The number of amides is 2. The molecule has 11 heteroatoms. The van der Waals surface area contributed by atoms with Gasteiger partial charge in [-0.25, -0.2) is 0 Å². The van der Waals surface area contributed by atoms with Gasteiger partial charge in [0.2, 0.25) is 11.8 Å². The first kappa shape index (κ1) is 33.9. The zero-order valence-electron chi connectivity index (χ0n) is 25.8. The van der Waals surface area contributed by atoms with E-state index in [-0.39, 0.29) is 41.7 Å². The van der Waals surface area contributed by atoms with Crippen LogP contribution >= 0.6 is 11.3 Å². The normalized spacial score (nSPS) is 17.1. The third-order valence-electron chi connectivity index (χ3n) is 8.67. The van der Waals surface area contributed by atoms with Gasteiger partial charge in [-0.2, -0.15) is 8.42 Å². The smallest absolute Gasteiger partial charge is 0.264 e. The van der Waals surface area contributed by atoms with Crippen molar-refractivity contribution < 1.29 is 27.4 Å². The van der Waals surface area contributed by atoms with Crippen LogP contribution in [0.1, 0.15) is 87.7 Å². The second kappa shape index (κ2) is 15.8. The van der Waals surface area contributed by atoms with Gasteiger partial charge in [-0.3, -0.25) is 18.9 Å². The van der Waals surface area contributed by atoms with Crippen molar-refractivity contribution in [2.45, 2.75) is 84.6 Å². The molecular weight excluding hydrogens is 599 g/mol. The molecule has 0 aliphatic heterocycles. The number of hydrogen-bond acceptors (Lipinski definition) is 6. The fraction of sp³-hybridized carbons (Fsp3) is 0.545. The number of carbonyl (C=O) groups is 3. The molecule has 44 heavy (non-hydrogen) atoms. The fourth-order valence-corrected chi connectivity index (χ4v) is 7.55. The molecule has 0 unspecified atom stereocenters. The molecule has 0 bridgehead atoms. The average molecular weight is 644 g/mol. The average Bonchev–Trinajstić information content (AvgIpc) is 3.59. The first-order chi connectivity index (χ1) is 21.1. The van der Waals surface area contributed by atoms with E-state index in [9.17, 15) is 22.8 Å². The molecular formula is C33H45N3O6S2. The van der Waals surface area contributed by atoms with E-state index in [0.29, 0.717) is 38.0 Å². The number of thiophene rings is 1. The summed E-state index contributed by atoms with van der Waals surface area (Å²) < 4.78 is 33.2. The van der Waals surface area contributed by atoms with Gasteiger partial charge in [-0.05, 0) is 93.0 Å². The highest BCUT2D eigenvalue weighted by Gasteiger charge is 2.29. The highest BCUT2D eigenvalue weighted by atomic mass is 32.2. The van der Waals surface area contributed by atoms with Gasteiger partial charge in [0.25, 0.3) is 10.1 Å². The number of unbranched alkanes of at least 4 members (excludes halogenated alkanes) is 3. The van der Waals surface area contributed by atoms with E-state index < -0.39 is 10.1 Å². The van der Waals surface area contributed by atoms with Gasteiger partial charge in [0, 0.05) is 31.1 Å². The monoisotopic (exact) mass is 643 g/mol. The lowest BCUT2D eigenvalue weighted by atomic mass is 9.79. The van der Waals surface area contributed by atoms with Gasteiger partial charge < -0.3 is 14.8 Å². The van der Waals surface area contributed by atoms with Gasteiger partial charge in [0.15, 0.2) is 5.78 Å². The first-order valence-corrected chi connectivity index (χ1v) is 18.3. The largest absolute Gasteiger partial charge is 0.356 e. The van der Waals surface area contributed by atoms with Crippen LogP contribution in [0.2, 0.25) is 0 Å². The second-order valence-electron chi connectivity index (χ2n) is 11.8. The Hall–Kier alpha value is -3.02. The Morgan fingerprint density at radius 3 is 2.48 bits per heavy atom. The van der Waals surface area contributed by atoms with E-state index in [0.717, 1.165) is 60.8 Å². The molecule has 1 saturated carbocycles. The summed E-state index contributed by atoms with van der Waals surface area (Å²) in [5.74, 6) is -0.0410. The van der Waals surface area contributed by atoms with Crippen LogP contribution < -0.4 is 10.2 Å². The van der Waals surface area contributed by atoms with Crippen molar-refractivity contribution in [3.63, 3.8) is 0 Å². The molecule has 1 aromatic carbocycles. The summed E-state index contributed by atoms with van der Waals surface area (Å²) >= 11 is 1.57. The Kier molecular flexibility index (Phi) is 12.2. The van der Waals surface area contributed by atoms with E-state index in [1.54, 1.807) is 16.2 Å². The lowest BCUT2D eigenvalue weighted by molar-refractivity contribution is -0.126. The summed E-state index contributed by atoms with van der Waals surface area (Å²) in [5, 5.41) is 4.98. The van der Waals surface area contributed by atoms with Crippen molar-refractivity contribution in [2.24, 2.45) is 11.8 Å². The molecule has 0 saturated heterocycles. The zero-order valence-corrected chi connectivity index (χ0v) is 27.4. The van der Waals surface area contributed by atoms with Crippen molar-refractivity contribution in [3.8, 4) is 0 Å². The minimum atomic E-state index is -3.91. The maximum absolute atomic E-state index is 13.6. The quantitative estimate of drug-likeness (QED) is 0.108. The Labute approximate surface area is 264 Å². The van der Waals surface area contributed by atoms with Crippen LogP contribution in [0.4, 0.5) is 5.69 Å². The van der Waals surface area contributed by atoms with E-state index in [1.807, 2.05) is 41.1 Å². The minimum absolute atomic E-state index is 0.0409. The zero-order chi connectivity index (χ0) is 31.7. The van der Waals surface area contributed by atoms with Crippen molar-refractivity contribution in [3.05, 3.63) is 53.0 Å². The molecule has 4 rings (SSSR count). The van der Waals surface area contributed by atoms with E-state index >= 15 is 0 Å². The van der Waals surface area contributed by atoms with Crippen LogP contribution in [0.25, 0.3) is 10.2 Å².